The monoisotopic (exact) mass is 306 g/mol. The van der Waals surface area contributed by atoms with Gasteiger partial charge in [0.2, 0.25) is 0 Å². The number of ketones is 2. The molecule has 0 atom stereocenters. The van der Waals surface area contributed by atoms with Gasteiger partial charge < -0.3 is 0 Å². The Morgan fingerprint density at radius 2 is 2.06 bits per heavy atom. The standard InChI is InChI=1S/C15H15BrO2/c1-4-10-6-12-11(7-13(10)16)5-8(2)14(9(3)17)15(12)18/h6-7H,4-5H2,1-3H3. The van der Waals surface area contributed by atoms with Gasteiger partial charge in [0, 0.05) is 10.0 Å². The molecular formula is C15H15BrO2. The van der Waals surface area contributed by atoms with Crippen molar-refractivity contribution in [2.75, 3.05) is 0 Å². The summed E-state index contributed by atoms with van der Waals surface area (Å²) in [5, 5.41) is 0. The van der Waals surface area contributed by atoms with Crippen LogP contribution in [0.2, 0.25) is 0 Å². The van der Waals surface area contributed by atoms with Crippen LogP contribution in [0.5, 0.6) is 0 Å². The number of fused-ring (bicyclic) bond motifs is 1. The van der Waals surface area contributed by atoms with E-state index < -0.39 is 0 Å². The van der Waals surface area contributed by atoms with Gasteiger partial charge in [-0.1, -0.05) is 28.4 Å². The Labute approximate surface area is 115 Å². The van der Waals surface area contributed by atoms with Crippen LogP contribution in [-0.2, 0) is 17.6 Å². The van der Waals surface area contributed by atoms with Crippen molar-refractivity contribution >= 4 is 27.5 Å². The van der Waals surface area contributed by atoms with E-state index in [9.17, 15) is 9.59 Å². The Morgan fingerprint density at radius 1 is 1.39 bits per heavy atom. The molecule has 0 radical (unpaired) electrons. The maximum Gasteiger partial charge on any atom is 0.196 e. The van der Waals surface area contributed by atoms with Crippen LogP contribution in [0.3, 0.4) is 0 Å². The zero-order chi connectivity index (χ0) is 13.4. The smallest absolute Gasteiger partial charge is 0.196 e. The molecule has 0 fully saturated rings. The zero-order valence-electron chi connectivity index (χ0n) is 10.8. The van der Waals surface area contributed by atoms with E-state index in [1.165, 1.54) is 6.92 Å². The first kappa shape index (κ1) is 13.2. The fourth-order valence-electron chi connectivity index (χ4n) is 2.45. The molecule has 0 aliphatic heterocycles. The predicted octanol–water partition coefficient (Wildman–Crippen LogP) is 3.66. The van der Waals surface area contributed by atoms with Crippen molar-refractivity contribution in [2.24, 2.45) is 0 Å². The minimum Gasteiger partial charge on any atom is -0.294 e. The minimum atomic E-state index is -0.135. The summed E-state index contributed by atoms with van der Waals surface area (Å²) in [6, 6.07) is 3.92. The lowest BCUT2D eigenvalue weighted by Gasteiger charge is -2.20. The highest BCUT2D eigenvalue weighted by atomic mass is 79.9. The van der Waals surface area contributed by atoms with Crippen molar-refractivity contribution in [1.82, 2.24) is 0 Å². The van der Waals surface area contributed by atoms with E-state index in [-0.39, 0.29) is 11.6 Å². The van der Waals surface area contributed by atoms with Gasteiger partial charge in [-0.2, -0.15) is 0 Å². The fourth-order valence-corrected chi connectivity index (χ4v) is 3.12. The summed E-state index contributed by atoms with van der Waals surface area (Å²) in [7, 11) is 0. The number of carbonyl (C=O) groups excluding carboxylic acids is 2. The van der Waals surface area contributed by atoms with Crippen molar-refractivity contribution in [3.8, 4) is 0 Å². The zero-order valence-corrected chi connectivity index (χ0v) is 12.3. The largest absolute Gasteiger partial charge is 0.294 e. The second-order valence-electron chi connectivity index (χ2n) is 4.67. The van der Waals surface area contributed by atoms with Crippen LogP contribution in [-0.4, -0.2) is 11.6 Å². The molecule has 0 N–H and O–H groups in total. The Hall–Kier alpha value is -1.22. The van der Waals surface area contributed by atoms with E-state index in [0.29, 0.717) is 17.6 Å². The van der Waals surface area contributed by atoms with Crippen LogP contribution >= 0.6 is 15.9 Å². The second kappa shape index (κ2) is 4.81. The Bertz CT molecular complexity index is 582. The van der Waals surface area contributed by atoms with Crippen molar-refractivity contribution in [3.05, 3.63) is 44.4 Å². The van der Waals surface area contributed by atoms with E-state index in [2.05, 4.69) is 15.9 Å². The number of halogens is 1. The second-order valence-corrected chi connectivity index (χ2v) is 5.53. The van der Waals surface area contributed by atoms with Crippen LogP contribution in [0, 0.1) is 0 Å². The molecule has 0 bridgehead atoms. The number of hydrogen-bond acceptors (Lipinski definition) is 2. The highest BCUT2D eigenvalue weighted by Crippen LogP contribution is 2.31. The van der Waals surface area contributed by atoms with E-state index in [1.54, 1.807) is 0 Å². The summed E-state index contributed by atoms with van der Waals surface area (Å²) < 4.78 is 1.04. The van der Waals surface area contributed by atoms with Gasteiger partial charge in [0.15, 0.2) is 11.6 Å². The molecule has 0 unspecified atom stereocenters. The van der Waals surface area contributed by atoms with E-state index in [1.807, 2.05) is 26.0 Å². The van der Waals surface area contributed by atoms with Crippen molar-refractivity contribution < 1.29 is 9.59 Å². The summed E-state index contributed by atoms with van der Waals surface area (Å²) in [6.45, 7) is 5.37. The molecule has 0 spiro atoms. The van der Waals surface area contributed by atoms with Gasteiger partial charge in [-0.05, 0) is 49.9 Å². The van der Waals surface area contributed by atoms with Crippen LogP contribution < -0.4 is 0 Å². The summed E-state index contributed by atoms with van der Waals surface area (Å²) in [6.07, 6.45) is 1.54. The van der Waals surface area contributed by atoms with Crippen molar-refractivity contribution in [1.29, 1.82) is 0 Å². The maximum atomic E-state index is 12.4. The first-order valence-electron chi connectivity index (χ1n) is 6.02. The molecule has 1 aromatic rings. The minimum absolute atomic E-state index is 0.122. The van der Waals surface area contributed by atoms with Crippen LogP contribution in [0.4, 0.5) is 0 Å². The van der Waals surface area contributed by atoms with Gasteiger partial charge in [0.05, 0.1) is 5.57 Å². The van der Waals surface area contributed by atoms with Crippen LogP contribution in [0.1, 0.15) is 42.3 Å². The Kier molecular flexibility index (Phi) is 3.53. The molecule has 2 nitrogen and oxygen atoms in total. The third-order valence-corrected chi connectivity index (χ3v) is 4.10. The number of Topliss-reactive ketones (excluding diaryl/α,β-unsaturated/α-hetero) is 2. The van der Waals surface area contributed by atoms with E-state index in [0.717, 1.165) is 27.6 Å². The number of carbonyl (C=O) groups is 2. The van der Waals surface area contributed by atoms with Crippen LogP contribution in [0.25, 0.3) is 0 Å². The Morgan fingerprint density at radius 3 is 2.61 bits per heavy atom. The summed E-state index contributed by atoms with van der Waals surface area (Å²) in [4.78, 5) is 23.9. The Balaban J connectivity index is 2.61. The van der Waals surface area contributed by atoms with Crippen molar-refractivity contribution in [2.45, 2.75) is 33.6 Å². The lowest BCUT2D eigenvalue weighted by atomic mass is 9.83. The number of aryl methyl sites for hydroxylation is 1. The van der Waals surface area contributed by atoms with E-state index in [4.69, 9.17) is 0 Å². The molecule has 1 aliphatic carbocycles. The highest BCUT2D eigenvalue weighted by Gasteiger charge is 2.27. The molecule has 0 heterocycles. The first-order valence-corrected chi connectivity index (χ1v) is 6.81. The normalized spacial score (nSPS) is 14.8. The molecule has 1 aliphatic rings. The number of benzene rings is 1. The molecule has 0 saturated carbocycles. The van der Waals surface area contributed by atoms with Gasteiger partial charge in [-0.3, -0.25) is 9.59 Å². The van der Waals surface area contributed by atoms with Crippen molar-refractivity contribution in [3.63, 3.8) is 0 Å². The number of hydrogen-bond donors (Lipinski definition) is 0. The topological polar surface area (TPSA) is 34.1 Å². The predicted molar refractivity (Wildman–Crippen MR) is 74.9 cm³/mol. The lowest BCUT2D eigenvalue weighted by Crippen LogP contribution is -2.20. The average Bonchev–Trinajstić information content (AvgIpc) is 2.27. The lowest BCUT2D eigenvalue weighted by molar-refractivity contribution is -0.113. The number of allylic oxidation sites excluding steroid dienone is 2. The molecule has 3 heteroatoms. The molecule has 0 aromatic heterocycles. The van der Waals surface area contributed by atoms with Crippen LogP contribution in [0.15, 0.2) is 27.8 Å². The van der Waals surface area contributed by atoms with Gasteiger partial charge in [0.25, 0.3) is 0 Å². The summed E-state index contributed by atoms with van der Waals surface area (Å²) in [5.74, 6) is -0.257. The molecule has 18 heavy (non-hydrogen) atoms. The number of rotatable bonds is 2. The maximum absolute atomic E-state index is 12.4. The van der Waals surface area contributed by atoms with Gasteiger partial charge in [-0.25, -0.2) is 0 Å². The van der Waals surface area contributed by atoms with Gasteiger partial charge in [0.1, 0.15) is 0 Å². The molecule has 0 saturated heterocycles. The molecule has 2 rings (SSSR count). The average molecular weight is 307 g/mol. The molecule has 0 amide bonds. The van der Waals surface area contributed by atoms with E-state index >= 15 is 0 Å². The summed E-state index contributed by atoms with van der Waals surface area (Å²) >= 11 is 3.53. The van der Waals surface area contributed by atoms with Gasteiger partial charge >= 0.3 is 0 Å². The van der Waals surface area contributed by atoms with Gasteiger partial charge in [-0.15, -0.1) is 0 Å². The quantitative estimate of drug-likeness (QED) is 0.782. The molecule has 94 valence electrons. The summed E-state index contributed by atoms with van der Waals surface area (Å²) in [5.41, 5.74) is 4.03. The first-order chi connectivity index (χ1) is 8.45. The third-order valence-electron chi connectivity index (χ3n) is 3.36. The molecular weight excluding hydrogens is 292 g/mol. The SMILES string of the molecule is CCc1cc2c(cc1Br)CC(C)=C(C(C)=O)C2=O. The fraction of sp³-hybridized carbons (Fsp3) is 0.333. The molecule has 1 aromatic carbocycles. The highest BCUT2D eigenvalue weighted by molar-refractivity contribution is 9.10. The third kappa shape index (κ3) is 2.07.